The molecule has 1 amide bonds. The maximum absolute atomic E-state index is 12.6. The molecular formula is C22H28ClN3O2. The van der Waals surface area contributed by atoms with E-state index in [2.05, 4.69) is 27.2 Å². The Labute approximate surface area is 172 Å². The summed E-state index contributed by atoms with van der Waals surface area (Å²) < 4.78 is 5.21. The Morgan fingerprint density at radius 3 is 2.43 bits per heavy atom. The normalized spacial score (nSPS) is 16.5. The van der Waals surface area contributed by atoms with Crippen molar-refractivity contribution in [2.75, 3.05) is 45.2 Å². The summed E-state index contributed by atoms with van der Waals surface area (Å²) in [6.45, 7) is 6.71. The van der Waals surface area contributed by atoms with E-state index in [-0.39, 0.29) is 11.9 Å². The van der Waals surface area contributed by atoms with Crippen LogP contribution in [0.5, 0.6) is 5.75 Å². The highest BCUT2D eigenvalue weighted by atomic mass is 35.5. The van der Waals surface area contributed by atoms with Gasteiger partial charge in [0.1, 0.15) is 5.75 Å². The van der Waals surface area contributed by atoms with Crippen LogP contribution in [-0.2, 0) is 11.2 Å². The number of hydrogen-bond acceptors (Lipinski definition) is 4. The molecule has 0 saturated carbocycles. The Kier molecular flexibility index (Phi) is 7.31. The van der Waals surface area contributed by atoms with Crippen LogP contribution in [-0.4, -0.2) is 61.6 Å². The number of methoxy groups -OCH3 is 1. The summed E-state index contributed by atoms with van der Waals surface area (Å²) in [7, 11) is 1.68. The lowest BCUT2D eigenvalue weighted by molar-refractivity contribution is -0.121. The summed E-state index contributed by atoms with van der Waals surface area (Å²) >= 11 is 6.14. The van der Waals surface area contributed by atoms with E-state index in [1.807, 2.05) is 37.3 Å². The average molecular weight is 402 g/mol. The number of para-hydroxylation sites is 1. The molecule has 1 fully saturated rings. The Hall–Kier alpha value is -2.08. The van der Waals surface area contributed by atoms with Crippen LogP contribution in [0.3, 0.4) is 0 Å². The lowest BCUT2D eigenvalue weighted by Crippen LogP contribution is -2.53. The number of piperazine rings is 1. The van der Waals surface area contributed by atoms with E-state index in [0.29, 0.717) is 10.7 Å². The fraction of sp³-hybridized carbons (Fsp3) is 0.409. The van der Waals surface area contributed by atoms with E-state index < -0.39 is 0 Å². The predicted molar refractivity (Wildman–Crippen MR) is 114 cm³/mol. The molecule has 3 rings (SSSR count). The van der Waals surface area contributed by atoms with Crippen LogP contribution < -0.4 is 10.1 Å². The second-order valence-corrected chi connectivity index (χ2v) is 7.53. The fourth-order valence-electron chi connectivity index (χ4n) is 3.42. The molecule has 2 aromatic rings. The van der Waals surface area contributed by atoms with Crippen molar-refractivity contribution in [1.29, 1.82) is 0 Å². The summed E-state index contributed by atoms with van der Waals surface area (Å²) in [4.78, 5) is 17.3. The average Bonchev–Trinajstić information content (AvgIpc) is 2.74. The van der Waals surface area contributed by atoms with Gasteiger partial charge in [0, 0.05) is 32.7 Å². The van der Waals surface area contributed by atoms with Gasteiger partial charge in [-0.3, -0.25) is 9.69 Å². The van der Waals surface area contributed by atoms with Gasteiger partial charge in [-0.1, -0.05) is 35.9 Å². The van der Waals surface area contributed by atoms with Crippen LogP contribution in [0.4, 0.5) is 5.69 Å². The minimum Gasteiger partial charge on any atom is -0.497 e. The predicted octanol–water partition coefficient (Wildman–Crippen LogP) is 3.54. The van der Waals surface area contributed by atoms with Gasteiger partial charge in [0.2, 0.25) is 5.91 Å². The summed E-state index contributed by atoms with van der Waals surface area (Å²) in [5.41, 5.74) is 1.98. The molecule has 150 valence electrons. The molecule has 1 aliphatic rings. The number of ether oxygens (including phenoxy) is 1. The molecule has 1 unspecified atom stereocenters. The number of nitrogens with zero attached hydrogens (tertiary/aromatic N) is 2. The number of carbonyl (C=O) groups excluding carboxylic acids is 1. The molecule has 1 atom stereocenters. The Morgan fingerprint density at radius 1 is 1.11 bits per heavy atom. The molecular weight excluding hydrogens is 374 g/mol. The zero-order valence-electron chi connectivity index (χ0n) is 16.5. The van der Waals surface area contributed by atoms with Crippen LogP contribution in [0.1, 0.15) is 12.5 Å². The Balaban J connectivity index is 1.43. The van der Waals surface area contributed by atoms with Crippen LogP contribution in [0, 0.1) is 0 Å². The summed E-state index contributed by atoms with van der Waals surface area (Å²) in [6.07, 6.45) is 1.02. The number of nitrogens with one attached hydrogen (secondary N) is 1. The van der Waals surface area contributed by atoms with E-state index in [1.165, 1.54) is 5.56 Å². The van der Waals surface area contributed by atoms with Crippen LogP contribution in [0.15, 0.2) is 48.5 Å². The lowest BCUT2D eigenvalue weighted by Gasteiger charge is -2.37. The van der Waals surface area contributed by atoms with Gasteiger partial charge in [-0.05, 0) is 43.2 Å². The first kappa shape index (κ1) is 20.6. The number of benzene rings is 2. The molecule has 1 heterocycles. The van der Waals surface area contributed by atoms with Crippen molar-refractivity contribution in [3.63, 3.8) is 0 Å². The summed E-state index contributed by atoms with van der Waals surface area (Å²) in [5, 5.41) is 3.50. The third-order valence-electron chi connectivity index (χ3n) is 5.34. The number of anilines is 1. The molecule has 2 aromatic carbocycles. The van der Waals surface area contributed by atoms with Crippen LogP contribution >= 0.6 is 11.6 Å². The molecule has 0 radical (unpaired) electrons. The number of hydrogen-bond donors (Lipinski definition) is 1. The van der Waals surface area contributed by atoms with Crippen molar-refractivity contribution < 1.29 is 9.53 Å². The third kappa shape index (κ3) is 5.47. The smallest absolute Gasteiger partial charge is 0.241 e. The van der Waals surface area contributed by atoms with Crippen molar-refractivity contribution in [3.8, 4) is 5.75 Å². The second kappa shape index (κ2) is 9.92. The van der Waals surface area contributed by atoms with Gasteiger partial charge >= 0.3 is 0 Å². The highest BCUT2D eigenvalue weighted by Gasteiger charge is 2.25. The van der Waals surface area contributed by atoms with Gasteiger partial charge in [0.05, 0.1) is 23.9 Å². The second-order valence-electron chi connectivity index (χ2n) is 7.12. The molecule has 5 nitrogen and oxygen atoms in total. The third-order valence-corrected chi connectivity index (χ3v) is 5.67. The van der Waals surface area contributed by atoms with E-state index in [0.717, 1.165) is 44.9 Å². The number of halogens is 1. The maximum Gasteiger partial charge on any atom is 0.241 e. The molecule has 1 N–H and O–H groups in total. The van der Waals surface area contributed by atoms with Crippen molar-refractivity contribution in [2.45, 2.75) is 19.4 Å². The molecule has 0 spiro atoms. The van der Waals surface area contributed by atoms with Gasteiger partial charge < -0.3 is 15.0 Å². The first-order chi connectivity index (χ1) is 13.6. The first-order valence-corrected chi connectivity index (χ1v) is 10.1. The van der Waals surface area contributed by atoms with Crippen molar-refractivity contribution in [1.82, 2.24) is 9.80 Å². The Bertz CT molecular complexity index is 774. The number of amides is 1. The molecule has 1 aliphatic heterocycles. The summed E-state index contributed by atoms with van der Waals surface area (Å²) in [6, 6.07) is 15.4. The highest BCUT2D eigenvalue weighted by molar-refractivity contribution is 6.33. The van der Waals surface area contributed by atoms with E-state index >= 15 is 0 Å². The number of rotatable bonds is 7. The summed E-state index contributed by atoms with van der Waals surface area (Å²) in [5.74, 6) is 0.876. The zero-order chi connectivity index (χ0) is 19.9. The van der Waals surface area contributed by atoms with Gasteiger partial charge in [-0.25, -0.2) is 0 Å². The first-order valence-electron chi connectivity index (χ1n) is 9.71. The lowest BCUT2D eigenvalue weighted by atomic mass is 10.1. The molecule has 6 heteroatoms. The van der Waals surface area contributed by atoms with Crippen molar-refractivity contribution >= 4 is 23.2 Å². The molecule has 0 bridgehead atoms. The van der Waals surface area contributed by atoms with Gasteiger partial charge in [0.25, 0.3) is 0 Å². The fourth-order valence-corrected chi connectivity index (χ4v) is 3.60. The minimum atomic E-state index is -0.181. The monoisotopic (exact) mass is 401 g/mol. The quantitative estimate of drug-likeness (QED) is 0.770. The topological polar surface area (TPSA) is 44.8 Å². The van der Waals surface area contributed by atoms with Gasteiger partial charge in [0.15, 0.2) is 0 Å². The van der Waals surface area contributed by atoms with Gasteiger partial charge in [-0.15, -0.1) is 0 Å². The van der Waals surface area contributed by atoms with E-state index in [9.17, 15) is 4.79 Å². The largest absolute Gasteiger partial charge is 0.497 e. The molecule has 1 saturated heterocycles. The van der Waals surface area contributed by atoms with E-state index in [4.69, 9.17) is 16.3 Å². The van der Waals surface area contributed by atoms with Crippen molar-refractivity contribution in [3.05, 3.63) is 59.1 Å². The van der Waals surface area contributed by atoms with Crippen LogP contribution in [0.2, 0.25) is 5.02 Å². The standard InChI is InChI=1S/C22H28ClN3O2/c1-17(22(27)24-21-6-4-3-5-20(21)23)26-15-13-25(14-16-26)12-11-18-7-9-19(28-2)10-8-18/h3-10,17H,11-16H2,1-2H3,(H,24,27). The van der Waals surface area contributed by atoms with Gasteiger partial charge in [-0.2, -0.15) is 0 Å². The van der Waals surface area contributed by atoms with Crippen LogP contribution in [0.25, 0.3) is 0 Å². The van der Waals surface area contributed by atoms with Crippen molar-refractivity contribution in [2.24, 2.45) is 0 Å². The van der Waals surface area contributed by atoms with E-state index in [1.54, 1.807) is 13.2 Å². The molecule has 0 aliphatic carbocycles. The SMILES string of the molecule is COc1ccc(CCN2CCN(C(C)C(=O)Nc3ccccc3Cl)CC2)cc1. The zero-order valence-corrected chi connectivity index (χ0v) is 17.3. The molecule has 28 heavy (non-hydrogen) atoms. The maximum atomic E-state index is 12.6. The highest BCUT2D eigenvalue weighted by Crippen LogP contribution is 2.21. The number of carbonyl (C=O) groups is 1. The molecule has 0 aromatic heterocycles. The Morgan fingerprint density at radius 2 is 1.79 bits per heavy atom. The minimum absolute atomic E-state index is 0.0141.